The smallest absolute Gasteiger partial charge is 0.180 e. The summed E-state index contributed by atoms with van der Waals surface area (Å²) in [5.74, 6) is 0. The summed E-state index contributed by atoms with van der Waals surface area (Å²) >= 11 is 0. The molecule has 0 bridgehead atoms. The van der Waals surface area contributed by atoms with Gasteiger partial charge < -0.3 is 9.73 Å². The molecule has 0 fully saturated rings. The monoisotopic (exact) mass is 112 g/mol. The van der Waals surface area contributed by atoms with E-state index in [4.69, 9.17) is 4.42 Å². The number of nitrogens with zero attached hydrogens (tertiary/aromatic N) is 1. The summed E-state index contributed by atoms with van der Waals surface area (Å²) < 4.78 is 4.72. The number of oxazole rings is 1. The SMILES string of the molecule is CNCc1cocn1. The van der Waals surface area contributed by atoms with Gasteiger partial charge in [-0.15, -0.1) is 0 Å². The summed E-state index contributed by atoms with van der Waals surface area (Å²) in [6.07, 6.45) is 3.04. The van der Waals surface area contributed by atoms with Gasteiger partial charge in [0, 0.05) is 6.54 Å². The fraction of sp³-hybridized carbons (Fsp3) is 0.400. The van der Waals surface area contributed by atoms with Crippen LogP contribution in [-0.4, -0.2) is 12.0 Å². The Kier molecular flexibility index (Phi) is 1.64. The minimum atomic E-state index is 0.774. The first-order chi connectivity index (χ1) is 3.93. The quantitative estimate of drug-likeness (QED) is 0.601. The molecular weight excluding hydrogens is 104 g/mol. The summed E-state index contributed by atoms with van der Waals surface area (Å²) in [6.45, 7) is 0.774. The zero-order valence-electron chi connectivity index (χ0n) is 4.72. The molecule has 3 heteroatoms. The van der Waals surface area contributed by atoms with Gasteiger partial charge in [-0.05, 0) is 7.05 Å². The van der Waals surface area contributed by atoms with Crippen molar-refractivity contribution in [3.05, 3.63) is 18.4 Å². The van der Waals surface area contributed by atoms with Gasteiger partial charge in [0.05, 0.1) is 5.69 Å². The second kappa shape index (κ2) is 2.47. The van der Waals surface area contributed by atoms with E-state index in [0.717, 1.165) is 12.2 Å². The first kappa shape index (κ1) is 5.31. The molecule has 0 radical (unpaired) electrons. The van der Waals surface area contributed by atoms with Crippen molar-refractivity contribution < 1.29 is 4.42 Å². The van der Waals surface area contributed by atoms with Crippen LogP contribution in [0, 0.1) is 0 Å². The van der Waals surface area contributed by atoms with Crippen LogP contribution in [-0.2, 0) is 6.54 Å². The van der Waals surface area contributed by atoms with Crippen LogP contribution in [0.2, 0.25) is 0 Å². The van der Waals surface area contributed by atoms with Gasteiger partial charge in [0.15, 0.2) is 6.39 Å². The average Bonchev–Trinajstić information content (AvgIpc) is 2.19. The van der Waals surface area contributed by atoms with E-state index in [-0.39, 0.29) is 0 Å². The zero-order valence-corrected chi connectivity index (χ0v) is 4.72. The van der Waals surface area contributed by atoms with E-state index >= 15 is 0 Å². The van der Waals surface area contributed by atoms with Crippen molar-refractivity contribution >= 4 is 0 Å². The van der Waals surface area contributed by atoms with Crippen molar-refractivity contribution in [2.45, 2.75) is 6.54 Å². The molecule has 1 aromatic rings. The molecule has 0 saturated heterocycles. The van der Waals surface area contributed by atoms with Gasteiger partial charge in [-0.25, -0.2) is 4.98 Å². The van der Waals surface area contributed by atoms with Gasteiger partial charge in [0.1, 0.15) is 6.26 Å². The normalized spacial score (nSPS) is 9.62. The van der Waals surface area contributed by atoms with E-state index < -0.39 is 0 Å². The lowest BCUT2D eigenvalue weighted by Crippen LogP contribution is -2.04. The predicted octanol–water partition coefficient (Wildman–Crippen LogP) is 0.394. The standard InChI is InChI=1S/C5H8N2O/c1-6-2-5-3-8-4-7-5/h3-4,6H,2H2,1H3. The highest BCUT2D eigenvalue weighted by Crippen LogP contribution is 1.90. The molecule has 0 unspecified atom stereocenters. The minimum absolute atomic E-state index is 0.774. The van der Waals surface area contributed by atoms with Gasteiger partial charge in [-0.1, -0.05) is 0 Å². The van der Waals surface area contributed by atoms with E-state index in [1.807, 2.05) is 7.05 Å². The van der Waals surface area contributed by atoms with Crippen LogP contribution in [0.4, 0.5) is 0 Å². The fourth-order valence-electron chi connectivity index (χ4n) is 0.506. The Hall–Kier alpha value is -0.830. The van der Waals surface area contributed by atoms with Crippen LogP contribution in [0.1, 0.15) is 5.69 Å². The van der Waals surface area contributed by atoms with Crippen molar-refractivity contribution in [1.29, 1.82) is 0 Å². The summed E-state index contributed by atoms with van der Waals surface area (Å²) in [5, 5.41) is 2.95. The second-order valence-corrected chi connectivity index (χ2v) is 1.51. The van der Waals surface area contributed by atoms with E-state index in [2.05, 4.69) is 10.3 Å². The van der Waals surface area contributed by atoms with Crippen molar-refractivity contribution in [3.63, 3.8) is 0 Å². The number of rotatable bonds is 2. The molecule has 1 aromatic heterocycles. The molecule has 0 atom stereocenters. The largest absolute Gasteiger partial charge is 0.451 e. The van der Waals surface area contributed by atoms with Gasteiger partial charge >= 0.3 is 0 Å². The Labute approximate surface area is 47.7 Å². The van der Waals surface area contributed by atoms with Gasteiger partial charge in [-0.3, -0.25) is 0 Å². The Morgan fingerprint density at radius 2 is 2.75 bits per heavy atom. The van der Waals surface area contributed by atoms with Gasteiger partial charge in [0.25, 0.3) is 0 Å². The lowest BCUT2D eigenvalue weighted by atomic mass is 10.5. The molecule has 1 heterocycles. The molecule has 1 rings (SSSR count). The minimum Gasteiger partial charge on any atom is -0.451 e. The Balaban J connectivity index is 2.50. The molecule has 8 heavy (non-hydrogen) atoms. The van der Waals surface area contributed by atoms with Crippen molar-refractivity contribution in [1.82, 2.24) is 10.3 Å². The number of hydrogen-bond acceptors (Lipinski definition) is 3. The van der Waals surface area contributed by atoms with E-state index in [1.54, 1.807) is 6.26 Å². The fourth-order valence-corrected chi connectivity index (χ4v) is 0.506. The summed E-state index contributed by atoms with van der Waals surface area (Å²) in [5.41, 5.74) is 0.938. The lowest BCUT2D eigenvalue weighted by Gasteiger charge is -1.86. The molecule has 1 N–H and O–H groups in total. The zero-order chi connectivity index (χ0) is 5.82. The maximum absolute atomic E-state index is 4.72. The van der Waals surface area contributed by atoms with Gasteiger partial charge in [0.2, 0.25) is 0 Å². The van der Waals surface area contributed by atoms with Crippen LogP contribution in [0.25, 0.3) is 0 Å². The van der Waals surface area contributed by atoms with E-state index in [0.29, 0.717) is 0 Å². The third-order valence-electron chi connectivity index (χ3n) is 0.841. The Morgan fingerprint density at radius 3 is 3.25 bits per heavy atom. The lowest BCUT2D eigenvalue weighted by molar-refractivity contribution is 0.555. The third kappa shape index (κ3) is 1.07. The molecule has 0 aliphatic carbocycles. The van der Waals surface area contributed by atoms with Crippen LogP contribution in [0.15, 0.2) is 17.1 Å². The highest BCUT2D eigenvalue weighted by Gasteiger charge is 1.89. The highest BCUT2D eigenvalue weighted by molar-refractivity contribution is 4.88. The highest BCUT2D eigenvalue weighted by atomic mass is 16.3. The molecule has 0 aromatic carbocycles. The number of aromatic nitrogens is 1. The first-order valence-corrected chi connectivity index (χ1v) is 2.45. The molecule has 44 valence electrons. The van der Waals surface area contributed by atoms with E-state index in [1.165, 1.54) is 6.39 Å². The molecule has 0 saturated carbocycles. The molecular formula is C5H8N2O. The molecule has 0 spiro atoms. The van der Waals surface area contributed by atoms with Crippen LogP contribution in [0.5, 0.6) is 0 Å². The number of nitrogens with one attached hydrogen (secondary N) is 1. The van der Waals surface area contributed by atoms with Crippen LogP contribution in [0.3, 0.4) is 0 Å². The molecule has 3 nitrogen and oxygen atoms in total. The average molecular weight is 112 g/mol. The number of hydrogen-bond donors (Lipinski definition) is 1. The van der Waals surface area contributed by atoms with Crippen LogP contribution >= 0.6 is 0 Å². The van der Waals surface area contributed by atoms with Crippen molar-refractivity contribution in [3.8, 4) is 0 Å². The topological polar surface area (TPSA) is 38.1 Å². The van der Waals surface area contributed by atoms with Crippen molar-refractivity contribution in [2.24, 2.45) is 0 Å². The molecule has 0 aliphatic rings. The maximum atomic E-state index is 4.72. The Bertz CT molecular complexity index is 136. The molecule has 0 aliphatic heterocycles. The first-order valence-electron chi connectivity index (χ1n) is 2.45. The van der Waals surface area contributed by atoms with E-state index in [9.17, 15) is 0 Å². The maximum Gasteiger partial charge on any atom is 0.180 e. The molecule has 0 amide bonds. The third-order valence-corrected chi connectivity index (χ3v) is 0.841. The van der Waals surface area contributed by atoms with Gasteiger partial charge in [-0.2, -0.15) is 0 Å². The summed E-state index contributed by atoms with van der Waals surface area (Å²) in [4.78, 5) is 3.88. The predicted molar refractivity (Wildman–Crippen MR) is 29.3 cm³/mol. The van der Waals surface area contributed by atoms with Crippen LogP contribution < -0.4 is 5.32 Å². The summed E-state index contributed by atoms with van der Waals surface area (Å²) in [6, 6.07) is 0. The second-order valence-electron chi connectivity index (χ2n) is 1.51. The summed E-state index contributed by atoms with van der Waals surface area (Å²) in [7, 11) is 1.87. The van der Waals surface area contributed by atoms with Crippen molar-refractivity contribution in [2.75, 3.05) is 7.05 Å². The Morgan fingerprint density at radius 1 is 1.88 bits per heavy atom.